The Morgan fingerprint density at radius 1 is 1.07 bits per heavy atom. The van der Waals surface area contributed by atoms with Gasteiger partial charge in [0.2, 0.25) is 0 Å². The minimum absolute atomic E-state index is 1.22. The number of fused-ring (bicyclic) bond motifs is 3. The number of hydrogen-bond acceptors (Lipinski definition) is 0. The van der Waals surface area contributed by atoms with E-state index in [0.29, 0.717) is 0 Å². The summed E-state index contributed by atoms with van der Waals surface area (Å²) in [5, 5.41) is 2.60. The van der Waals surface area contributed by atoms with Gasteiger partial charge in [-0.25, -0.2) is 0 Å². The number of rotatable bonds is 0. The van der Waals surface area contributed by atoms with Gasteiger partial charge in [-0.1, -0.05) is 12.1 Å². The predicted octanol–water partition coefficient (Wildman–Crippen LogP) is 3.28. The van der Waals surface area contributed by atoms with Gasteiger partial charge in [-0.15, -0.1) is 0 Å². The van der Waals surface area contributed by atoms with Crippen molar-refractivity contribution in [3.05, 3.63) is 35.7 Å². The summed E-state index contributed by atoms with van der Waals surface area (Å²) in [6.07, 6.45) is 0. The zero-order chi connectivity index (χ0) is 10.6. The Hall–Kier alpha value is -1.70. The average molecular weight is 198 g/mol. The highest BCUT2D eigenvalue weighted by molar-refractivity contribution is 6.04. The quantitative estimate of drug-likeness (QED) is 0.572. The molecule has 3 aromatic rings. The molecule has 0 unspecified atom stereocenters. The third-order valence-electron chi connectivity index (χ3n) is 3.16. The van der Waals surface area contributed by atoms with Crippen molar-refractivity contribution in [3.8, 4) is 0 Å². The van der Waals surface area contributed by atoms with Gasteiger partial charge >= 0.3 is 0 Å². The molecule has 0 radical (unpaired) electrons. The number of nitrogens with one attached hydrogen (secondary N) is 1. The van der Waals surface area contributed by atoms with Crippen molar-refractivity contribution in [2.45, 2.75) is 13.8 Å². The first-order chi connectivity index (χ1) is 7.16. The molecular weight excluding hydrogens is 184 g/mol. The van der Waals surface area contributed by atoms with Crippen molar-refractivity contribution in [3.63, 3.8) is 0 Å². The van der Waals surface area contributed by atoms with Crippen LogP contribution in [0.25, 0.3) is 21.8 Å². The highest BCUT2D eigenvalue weighted by Crippen LogP contribution is 2.27. The number of hydrogen-bond donors (Lipinski definition) is 1. The van der Waals surface area contributed by atoms with Crippen molar-refractivity contribution in [2.75, 3.05) is 0 Å². The van der Waals surface area contributed by atoms with E-state index in [1.54, 1.807) is 0 Å². The second-order valence-electron chi connectivity index (χ2n) is 4.26. The summed E-state index contributed by atoms with van der Waals surface area (Å²) in [5.74, 6) is 0. The standard InChI is InChI=1S/C13H14N2/c1-8-6-10-4-5-11-7-9(2)15(3)13(11)12(10)14-8/h4-7,14H,1-3H3. The molecule has 0 amide bonds. The maximum atomic E-state index is 3.43. The van der Waals surface area contributed by atoms with Gasteiger partial charge < -0.3 is 9.55 Å². The molecular formula is C13H14N2. The average Bonchev–Trinajstić information content (AvgIpc) is 2.68. The molecule has 1 N–H and O–H groups in total. The molecule has 1 aromatic carbocycles. The lowest BCUT2D eigenvalue weighted by Gasteiger charge is -2.00. The van der Waals surface area contributed by atoms with Gasteiger partial charge in [0, 0.05) is 29.2 Å². The molecule has 0 bridgehead atoms. The third-order valence-corrected chi connectivity index (χ3v) is 3.16. The van der Waals surface area contributed by atoms with E-state index < -0.39 is 0 Å². The summed E-state index contributed by atoms with van der Waals surface area (Å²) in [7, 11) is 2.12. The highest BCUT2D eigenvalue weighted by Gasteiger charge is 2.07. The zero-order valence-corrected chi connectivity index (χ0v) is 9.26. The summed E-state index contributed by atoms with van der Waals surface area (Å²) in [5.41, 5.74) is 5.07. The van der Waals surface area contributed by atoms with Gasteiger partial charge in [0.25, 0.3) is 0 Å². The number of benzene rings is 1. The summed E-state index contributed by atoms with van der Waals surface area (Å²) >= 11 is 0. The van der Waals surface area contributed by atoms with E-state index in [1.165, 1.54) is 33.2 Å². The number of aromatic amines is 1. The fraction of sp³-hybridized carbons (Fsp3) is 0.231. The van der Waals surface area contributed by atoms with E-state index >= 15 is 0 Å². The molecule has 0 saturated carbocycles. The topological polar surface area (TPSA) is 20.7 Å². The number of aromatic nitrogens is 2. The monoisotopic (exact) mass is 198 g/mol. The first-order valence-corrected chi connectivity index (χ1v) is 5.21. The van der Waals surface area contributed by atoms with Crippen molar-refractivity contribution in [1.29, 1.82) is 0 Å². The van der Waals surface area contributed by atoms with Gasteiger partial charge in [0.05, 0.1) is 11.0 Å². The number of H-pyrrole nitrogens is 1. The van der Waals surface area contributed by atoms with Crippen LogP contribution in [-0.4, -0.2) is 9.55 Å². The molecule has 0 spiro atoms. The van der Waals surface area contributed by atoms with E-state index in [4.69, 9.17) is 0 Å². The van der Waals surface area contributed by atoms with Crippen LogP contribution in [0.3, 0.4) is 0 Å². The van der Waals surface area contributed by atoms with Crippen LogP contribution >= 0.6 is 0 Å². The molecule has 76 valence electrons. The Balaban J connectivity index is 2.62. The third kappa shape index (κ3) is 1.05. The van der Waals surface area contributed by atoms with E-state index in [2.05, 4.69) is 54.7 Å². The first kappa shape index (κ1) is 8.60. The lowest BCUT2D eigenvalue weighted by atomic mass is 10.2. The Morgan fingerprint density at radius 3 is 2.60 bits per heavy atom. The summed E-state index contributed by atoms with van der Waals surface area (Å²) in [6, 6.07) is 8.79. The Labute approximate surface area is 88.5 Å². The van der Waals surface area contributed by atoms with Crippen LogP contribution in [0.1, 0.15) is 11.4 Å². The van der Waals surface area contributed by atoms with Crippen molar-refractivity contribution in [1.82, 2.24) is 9.55 Å². The fourth-order valence-electron chi connectivity index (χ4n) is 2.32. The van der Waals surface area contributed by atoms with Crippen LogP contribution in [0.5, 0.6) is 0 Å². The number of aryl methyl sites for hydroxylation is 3. The Kier molecular flexibility index (Phi) is 1.52. The van der Waals surface area contributed by atoms with Crippen LogP contribution in [-0.2, 0) is 7.05 Å². The molecule has 2 heteroatoms. The van der Waals surface area contributed by atoms with Crippen molar-refractivity contribution >= 4 is 21.8 Å². The SMILES string of the molecule is Cc1cc2ccc3cc(C)n(C)c3c2[nH]1. The van der Waals surface area contributed by atoms with Crippen LogP contribution in [0.4, 0.5) is 0 Å². The normalized spacial score (nSPS) is 11.7. The molecule has 15 heavy (non-hydrogen) atoms. The van der Waals surface area contributed by atoms with Crippen LogP contribution in [0.15, 0.2) is 24.3 Å². The highest BCUT2D eigenvalue weighted by atomic mass is 15.0. The van der Waals surface area contributed by atoms with Gasteiger partial charge in [0.15, 0.2) is 0 Å². The summed E-state index contributed by atoms with van der Waals surface area (Å²) in [6.45, 7) is 4.24. The molecule has 2 heterocycles. The van der Waals surface area contributed by atoms with Gasteiger partial charge in [-0.05, 0) is 26.0 Å². The van der Waals surface area contributed by atoms with Crippen molar-refractivity contribution in [2.24, 2.45) is 7.05 Å². The minimum atomic E-state index is 1.22. The molecule has 2 nitrogen and oxygen atoms in total. The molecule has 3 rings (SSSR count). The minimum Gasteiger partial charge on any atom is -0.357 e. The molecule has 0 saturated heterocycles. The first-order valence-electron chi connectivity index (χ1n) is 5.21. The second-order valence-corrected chi connectivity index (χ2v) is 4.26. The van der Waals surface area contributed by atoms with Gasteiger partial charge in [-0.3, -0.25) is 0 Å². The van der Waals surface area contributed by atoms with Crippen molar-refractivity contribution < 1.29 is 0 Å². The fourth-order valence-corrected chi connectivity index (χ4v) is 2.32. The van der Waals surface area contributed by atoms with E-state index in [1.807, 2.05) is 0 Å². The zero-order valence-electron chi connectivity index (χ0n) is 9.26. The van der Waals surface area contributed by atoms with E-state index in [9.17, 15) is 0 Å². The second kappa shape index (κ2) is 2.66. The number of nitrogens with zero attached hydrogens (tertiary/aromatic N) is 1. The smallest absolute Gasteiger partial charge is 0.0725 e. The molecule has 0 fully saturated rings. The maximum Gasteiger partial charge on any atom is 0.0725 e. The largest absolute Gasteiger partial charge is 0.357 e. The van der Waals surface area contributed by atoms with E-state index in [0.717, 1.165) is 0 Å². The van der Waals surface area contributed by atoms with Gasteiger partial charge in [0.1, 0.15) is 0 Å². The Bertz CT molecular complexity index is 656. The lowest BCUT2D eigenvalue weighted by molar-refractivity contribution is 0.920. The van der Waals surface area contributed by atoms with Crippen LogP contribution in [0.2, 0.25) is 0 Å². The van der Waals surface area contributed by atoms with Crippen LogP contribution < -0.4 is 0 Å². The van der Waals surface area contributed by atoms with E-state index in [-0.39, 0.29) is 0 Å². The molecule has 0 aliphatic carbocycles. The predicted molar refractivity (Wildman–Crippen MR) is 64.2 cm³/mol. The summed E-state index contributed by atoms with van der Waals surface area (Å²) in [4.78, 5) is 3.43. The lowest BCUT2D eigenvalue weighted by Crippen LogP contribution is -1.90. The summed E-state index contributed by atoms with van der Waals surface area (Å²) < 4.78 is 2.24. The molecule has 2 aromatic heterocycles. The molecule has 0 atom stereocenters. The molecule has 0 aliphatic rings. The van der Waals surface area contributed by atoms with Crippen LogP contribution in [0, 0.1) is 13.8 Å². The van der Waals surface area contributed by atoms with Gasteiger partial charge in [-0.2, -0.15) is 0 Å². The Morgan fingerprint density at radius 2 is 1.80 bits per heavy atom. The maximum absolute atomic E-state index is 3.43. The molecule has 0 aliphatic heterocycles.